The zero-order chi connectivity index (χ0) is 17.7. The van der Waals surface area contributed by atoms with Crippen LogP contribution in [-0.4, -0.2) is 17.5 Å². The molecule has 2 aromatic rings. The maximum Gasteiger partial charge on any atom is 0.261 e. The highest BCUT2D eigenvalue weighted by Crippen LogP contribution is 2.27. The number of nitrogens with one attached hydrogen (secondary N) is 1. The van der Waals surface area contributed by atoms with Crippen LogP contribution in [0.15, 0.2) is 24.3 Å². The molecule has 0 atom stereocenters. The van der Waals surface area contributed by atoms with Crippen LogP contribution < -0.4 is 10.1 Å². The molecule has 0 bridgehead atoms. The van der Waals surface area contributed by atoms with E-state index in [1.54, 1.807) is 0 Å². The summed E-state index contributed by atoms with van der Waals surface area (Å²) in [6, 6.07) is 7.96. The van der Waals surface area contributed by atoms with Crippen LogP contribution in [0.1, 0.15) is 53.6 Å². The van der Waals surface area contributed by atoms with Crippen LogP contribution in [0.2, 0.25) is 0 Å². The lowest BCUT2D eigenvalue weighted by Crippen LogP contribution is -2.18. The van der Waals surface area contributed by atoms with Gasteiger partial charge in [-0.3, -0.25) is 9.78 Å². The van der Waals surface area contributed by atoms with Gasteiger partial charge in [-0.05, 0) is 44.7 Å². The summed E-state index contributed by atoms with van der Waals surface area (Å²) in [7, 11) is 0. The molecule has 4 heteroatoms. The van der Waals surface area contributed by atoms with Gasteiger partial charge in [0.25, 0.3) is 5.91 Å². The monoisotopic (exact) mass is 326 g/mol. The lowest BCUT2D eigenvalue weighted by atomic mass is 10.0. The van der Waals surface area contributed by atoms with Crippen LogP contribution in [0.3, 0.4) is 0 Å². The van der Waals surface area contributed by atoms with Gasteiger partial charge in [-0.1, -0.05) is 32.0 Å². The predicted molar refractivity (Wildman–Crippen MR) is 98.0 cm³/mol. The van der Waals surface area contributed by atoms with Crippen molar-refractivity contribution >= 4 is 11.6 Å². The Labute approximate surface area is 144 Å². The molecule has 1 amide bonds. The third-order valence-corrected chi connectivity index (χ3v) is 4.06. The summed E-state index contributed by atoms with van der Waals surface area (Å²) >= 11 is 0. The largest absolute Gasteiger partial charge is 0.493 e. The molecule has 1 aromatic heterocycles. The van der Waals surface area contributed by atoms with E-state index >= 15 is 0 Å². The number of carbonyl (C=O) groups excluding carboxylic acids is 1. The summed E-state index contributed by atoms with van der Waals surface area (Å²) in [5.74, 6) is 0.422. The smallest absolute Gasteiger partial charge is 0.261 e. The van der Waals surface area contributed by atoms with Gasteiger partial charge in [0.1, 0.15) is 11.3 Å². The third-order valence-electron chi connectivity index (χ3n) is 4.06. The summed E-state index contributed by atoms with van der Waals surface area (Å²) < 4.78 is 5.67. The normalized spacial score (nSPS) is 10.5. The van der Waals surface area contributed by atoms with Gasteiger partial charge in [-0.25, -0.2) is 0 Å². The molecule has 0 radical (unpaired) electrons. The molecule has 1 aromatic carbocycles. The van der Waals surface area contributed by atoms with Crippen molar-refractivity contribution in [3.8, 4) is 5.75 Å². The van der Waals surface area contributed by atoms with Gasteiger partial charge in [-0.2, -0.15) is 0 Å². The standard InChI is InChI=1S/C20H26N2O2/c1-6-15-10-9-11-16(7-2)19(15)22-20(23)18-14(5)21-13(4)12-17(18)24-8-3/h9-12H,6-8H2,1-5H3,(H,22,23). The van der Waals surface area contributed by atoms with Crippen LogP contribution >= 0.6 is 0 Å². The van der Waals surface area contributed by atoms with Crippen molar-refractivity contribution in [3.05, 3.63) is 52.3 Å². The summed E-state index contributed by atoms with van der Waals surface area (Å²) in [5, 5.41) is 3.10. The van der Waals surface area contributed by atoms with Gasteiger partial charge >= 0.3 is 0 Å². The number of aromatic nitrogens is 1. The summed E-state index contributed by atoms with van der Waals surface area (Å²) in [6.45, 7) is 10.3. The highest BCUT2D eigenvalue weighted by atomic mass is 16.5. The Balaban J connectivity index is 2.45. The molecular weight excluding hydrogens is 300 g/mol. The van der Waals surface area contributed by atoms with E-state index < -0.39 is 0 Å². The van der Waals surface area contributed by atoms with E-state index in [1.165, 1.54) is 0 Å². The first kappa shape index (κ1) is 18.0. The van der Waals surface area contributed by atoms with Crippen molar-refractivity contribution in [2.24, 2.45) is 0 Å². The van der Waals surface area contributed by atoms with Crippen LogP contribution in [-0.2, 0) is 12.8 Å². The van der Waals surface area contributed by atoms with Crippen molar-refractivity contribution in [2.75, 3.05) is 11.9 Å². The number of amides is 1. The van der Waals surface area contributed by atoms with E-state index in [-0.39, 0.29) is 5.91 Å². The van der Waals surface area contributed by atoms with E-state index in [9.17, 15) is 4.79 Å². The topological polar surface area (TPSA) is 51.2 Å². The number of hydrogen-bond acceptors (Lipinski definition) is 3. The molecule has 1 N–H and O–H groups in total. The molecule has 0 saturated heterocycles. The number of pyridine rings is 1. The molecule has 24 heavy (non-hydrogen) atoms. The number of aryl methyl sites for hydroxylation is 4. The first-order valence-electron chi connectivity index (χ1n) is 8.54. The second-order valence-electron chi connectivity index (χ2n) is 5.77. The number of anilines is 1. The summed E-state index contributed by atoms with van der Waals surface area (Å²) in [4.78, 5) is 17.4. The Morgan fingerprint density at radius 1 is 1.12 bits per heavy atom. The minimum atomic E-state index is -0.168. The number of ether oxygens (including phenoxy) is 1. The number of nitrogens with zero attached hydrogens (tertiary/aromatic N) is 1. The van der Waals surface area contributed by atoms with E-state index in [4.69, 9.17) is 4.74 Å². The predicted octanol–water partition coefficient (Wildman–Crippen LogP) is 4.47. The van der Waals surface area contributed by atoms with E-state index in [1.807, 2.05) is 32.9 Å². The molecule has 4 nitrogen and oxygen atoms in total. The Bertz CT molecular complexity index is 716. The zero-order valence-electron chi connectivity index (χ0n) is 15.2. The molecule has 0 aliphatic rings. The SMILES string of the molecule is CCOc1cc(C)nc(C)c1C(=O)Nc1c(CC)cccc1CC. The number of rotatable bonds is 6. The van der Waals surface area contributed by atoms with Gasteiger partial charge < -0.3 is 10.1 Å². The lowest BCUT2D eigenvalue weighted by molar-refractivity contribution is 0.102. The van der Waals surface area contributed by atoms with E-state index in [0.29, 0.717) is 23.6 Å². The maximum atomic E-state index is 12.9. The molecule has 0 saturated carbocycles. The average Bonchev–Trinajstić information content (AvgIpc) is 2.54. The molecule has 128 valence electrons. The van der Waals surface area contributed by atoms with Gasteiger partial charge in [-0.15, -0.1) is 0 Å². The highest BCUT2D eigenvalue weighted by molar-refractivity contribution is 6.07. The van der Waals surface area contributed by atoms with Crippen molar-refractivity contribution in [3.63, 3.8) is 0 Å². The molecule has 0 aliphatic heterocycles. The number of benzene rings is 1. The Kier molecular flexibility index (Phi) is 5.96. The zero-order valence-corrected chi connectivity index (χ0v) is 15.2. The van der Waals surface area contributed by atoms with E-state index in [0.717, 1.165) is 35.3 Å². The molecule has 2 rings (SSSR count). The second-order valence-corrected chi connectivity index (χ2v) is 5.77. The maximum absolute atomic E-state index is 12.9. The Morgan fingerprint density at radius 2 is 1.75 bits per heavy atom. The average molecular weight is 326 g/mol. The molecule has 0 aliphatic carbocycles. The first-order chi connectivity index (χ1) is 11.5. The summed E-state index contributed by atoms with van der Waals surface area (Å²) in [5.41, 5.74) is 5.22. The van der Waals surface area contributed by atoms with Crippen molar-refractivity contribution < 1.29 is 9.53 Å². The molecule has 0 unspecified atom stereocenters. The van der Waals surface area contributed by atoms with Crippen LogP contribution in [0.4, 0.5) is 5.69 Å². The van der Waals surface area contributed by atoms with Crippen molar-refractivity contribution in [2.45, 2.75) is 47.5 Å². The minimum Gasteiger partial charge on any atom is -0.493 e. The minimum absolute atomic E-state index is 0.168. The first-order valence-corrected chi connectivity index (χ1v) is 8.54. The van der Waals surface area contributed by atoms with Gasteiger partial charge in [0.15, 0.2) is 0 Å². The molecule has 1 heterocycles. The lowest BCUT2D eigenvalue weighted by Gasteiger charge is -2.17. The van der Waals surface area contributed by atoms with E-state index in [2.05, 4.69) is 36.3 Å². The highest BCUT2D eigenvalue weighted by Gasteiger charge is 2.19. The van der Waals surface area contributed by atoms with Crippen molar-refractivity contribution in [1.82, 2.24) is 4.98 Å². The fraction of sp³-hybridized carbons (Fsp3) is 0.400. The van der Waals surface area contributed by atoms with Crippen LogP contribution in [0, 0.1) is 13.8 Å². The Hall–Kier alpha value is -2.36. The van der Waals surface area contributed by atoms with Gasteiger partial charge in [0.05, 0.1) is 12.3 Å². The quantitative estimate of drug-likeness (QED) is 0.852. The number of carbonyl (C=O) groups is 1. The molecule has 0 fully saturated rings. The van der Waals surface area contributed by atoms with Gasteiger partial charge in [0.2, 0.25) is 0 Å². The Morgan fingerprint density at radius 3 is 2.29 bits per heavy atom. The van der Waals surface area contributed by atoms with Crippen LogP contribution in [0.25, 0.3) is 0 Å². The third kappa shape index (κ3) is 3.75. The molecular formula is C20H26N2O2. The number of para-hydroxylation sites is 1. The second kappa shape index (κ2) is 7.95. The fourth-order valence-corrected chi connectivity index (χ4v) is 2.92. The van der Waals surface area contributed by atoms with Crippen LogP contribution in [0.5, 0.6) is 5.75 Å². The molecule has 0 spiro atoms. The number of hydrogen-bond donors (Lipinski definition) is 1. The van der Waals surface area contributed by atoms with Crippen molar-refractivity contribution in [1.29, 1.82) is 0 Å². The van der Waals surface area contributed by atoms with Gasteiger partial charge in [0, 0.05) is 17.4 Å². The summed E-state index contributed by atoms with van der Waals surface area (Å²) in [6.07, 6.45) is 1.74. The fourth-order valence-electron chi connectivity index (χ4n) is 2.92.